The Labute approximate surface area is 179 Å². The van der Waals surface area contributed by atoms with Crippen LogP contribution in [0.15, 0.2) is 48.5 Å². The molecule has 2 aromatic rings. The topological polar surface area (TPSA) is 106 Å². The molecule has 0 saturated heterocycles. The molecule has 2 rings (SSSR count). The number of aryl methyl sites for hydroxylation is 1. The standard InChI is InChI=1S/C21H23N3O5S/c1-3-28-20(27)15-8-10-17(11-9-15)29-13-19(26)23-24-21(30)22-18(25)12-16-7-5-4-6-14(16)2/h4-11H,3,12-13H2,1-2H3,(H,23,26)(H2,22,24,25,30). The summed E-state index contributed by atoms with van der Waals surface area (Å²) < 4.78 is 10.2. The van der Waals surface area contributed by atoms with Crippen LogP contribution in [0.3, 0.4) is 0 Å². The third-order valence-corrected chi connectivity index (χ3v) is 4.12. The second-order valence-corrected chi connectivity index (χ2v) is 6.60. The zero-order valence-corrected chi connectivity index (χ0v) is 17.5. The van der Waals surface area contributed by atoms with Gasteiger partial charge in [0.25, 0.3) is 5.91 Å². The van der Waals surface area contributed by atoms with Gasteiger partial charge in [0.1, 0.15) is 5.75 Å². The zero-order chi connectivity index (χ0) is 21.9. The monoisotopic (exact) mass is 429 g/mol. The molecule has 0 spiro atoms. The normalized spacial score (nSPS) is 9.93. The van der Waals surface area contributed by atoms with Crippen LogP contribution < -0.4 is 20.9 Å². The number of amides is 2. The van der Waals surface area contributed by atoms with E-state index in [1.54, 1.807) is 31.2 Å². The lowest BCUT2D eigenvalue weighted by molar-refractivity contribution is -0.124. The number of hydrogen-bond donors (Lipinski definition) is 3. The Morgan fingerprint density at radius 1 is 0.967 bits per heavy atom. The second-order valence-electron chi connectivity index (χ2n) is 6.19. The maximum atomic E-state index is 12.0. The molecule has 30 heavy (non-hydrogen) atoms. The van der Waals surface area contributed by atoms with Crippen molar-refractivity contribution in [3.05, 3.63) is 65.2 Å². The van der Waals surface area contributed by atoms with Gasteiger partial charge in [-0.3, -0.25) is 20.4 Å². The molecule has 0 atom stereocenters. The van der Waals surface area contributed by atoms with Crippen LogP contribution in [0.25, 0.3) is 0 Å². The van der Waals surface area contributed by atoms with Crippen LogP contribution in [-0.2, 0) is 20.7 Å². The van der Waals surface area contributed by atoms with Crippen molar-refractivity contribution < 1.29 is 23.9 Å². The highest BCUT2D eigenvalue weighted by Gasteiger charge is 2.10. The van der Waals surface area contributed by atoms with Gasteiger partial charge in [-0.25, -0.2) is 4.79 Å². The SMILES string of the molecule is CCOC(=O)c1ccc(OCC(=O)NNC(=S)NC(=O)Cc2ccccc2C)cc1. The number of esters is 1. The van der Waals surface area contributed by atoms with Crippen LogP contribution in [0, 0.1) is 6.92 Å². The number of rotatable bonds is 7. The molecule has 3 N–H and O–H groups in total. The summed E-state index contributed by atoms with van der Waals surface area (Å²) in [5.41, 5.74) is 7.07. The van der Waals surface area contributed by atoms with Crippen molar-refractivity contribution in [2.24, 2.45) is 0 Å². The predicted octanol–water partition coefficient (Wildman–Crippen LogP) is 1.82. The molecule has 0 fully saturated rings. The Bertz CT molecular complexity index is 915. The molecular weight excluding hydrogens is 406 g/mol. The molecule has 0 aliphatic rings. The van der Waals surface area contributed by atoms with Gasteiger partial charge in [-0.05, 0) is 61.5 Å². The minimum Gasteiger partial charge on any atom is -0.484 e. The average Bonchev–Trinajstić information content (AvgIpc) is 2.73. The molecule has 0 saturated carbocycles. The smallest absolute Gasteiger partial charge is 0.338 e. The first-order valence-electron chi connectivity index (χ1n) is 9.22. The summed E-state index contributed by atoms with van der Waals surface area (Å²) in [6.07, 6.45) is 0.174. The lowest BCUT2D eigenvalue weighted by Gasteiger charge is -2.12. The van der Waals surface area contributed by atoms with E-state index in [-0.39, 0.29) is 24.0 Å². The zero-order valence-electron chi connectivity index (χ0n) is 16.7. The summed E-state index contributed by atoms with van der Waals surface area (Å²) in [6.45, 7) is 3.65. The molecule has 0 aliphatic carbocycles. The Balaban J connectivity index is 1.70. The van der Waals surface area contributed by atoms with E-state index in [4.69, 9.17) is 21.7 Å². The van der Waals surface area contributed by atoms with Crippen molar-refractivity contribution >= 4 is 35.1 Å². The highest BCUT2D eigenvalue weighted by Crippen LogP contribution is 2.13. The molecule has 158 valence electrons. The fourth-order valence-corrected chi connectivity index (χ4v) is 2.56. The number of hydrogen-bond acceptors (Lipinski definition) is 6. The first-order valence-corrected chi connectivity index (χ1v) is 9.63. The number of hydrazine groups is 1. The molecule has 2 aromatic carbocycles. The summed E-state index contributed by atoms with van der Waals surface area (Å²) >= 11 is 4.99. The summed E-state index contributed by atoms with van der Waals surface area (Å²) in [6, 6.07) is 13.7. The van der Waals surface area contributed by atoms with Gasteiger partial charge >= 0.3 is 5.97 Å². The third kappa shape index (κ3) is 7.51. The molecule has 0 bridgehead atoms. The lowest BCUT2D eigenvalue weighted by atomic mass is 10.1. The van der Waals surface area contributed by atoms with Crippen molar-refractivity contribution in [1.82, 2.24) is 16.2 Å². The predicted molar refractivity (Wildman–Crippen MR) is 115 cm³/mol. The number of ether oxygens (including phenoxy) is 2. The van der Waals surface area contributed by atoms with Gasteiger partial charge in [0.2, 0.25) is 5.91 Å². The van der Waals surface area contributed by atoms with Gasteiger partial charge in [0.15, 0.2) is 11.7 Å². The molecule has 2 amide bonds. The van der Waals surface area contributed by atoms with E-state index in [1.807, 2.05) is 31.2 Å². The Kier molecular flexibility index (Phi) is 8.76. The van der Waals surface area contributed by atoms with Crippen LogP contribution in [0.4, 0.5) is 0 Å². The third-order valence-electron chi connectivity index (χ3n) is 3.92. The highest BCUT2D eigenvalue weighted by molar-refractivity contribution is 7.80. The molecule has 8 nitrogen and oxygen atoms in total. The number of nitrogens with one attached hydrogen (secondary N) is 3. The molecule has 0 radical (unpaired) electrons. The van der Waals surface area contributed by atoms with Crippen molar-refractivity contribution in [2.75, 3.05) is 13.2 Å². The summed E-state index contributed by atoms with van der Waals surface area (Å²) in [5.74, 6) is -0.815. The van der Waals surface area contributed by atoms with Gasteiger partial charge in [-0.2, -0.15) is 0 Å². The van der Waals surface area contributed by atoms with Crippen LogP contribution in [0.5, 0.6) is 5.75 Å². The number of benzene rings is 2. The largest absolute Gasteiger partial charge is 0.484 e. The van der Waals surface area contributed by atoms with Gasteiger partial charge in [-0.1, -0.05) is 24.3 Å². The van der Waals surface area contributed by atoms with Crippen LogP contribution in [-0.4, -0.2) is 36.1 Å². The lowest BCUT2D eigenvalue weighted by Crippen LogP contribution is -2.50. The van der Waals surface area contributed by atoms with Crippen molar-refractivity contribution in [1.29, 1.82) is 0 Å². The summed E-state index contributed by atoms with van der Waals surface area (Å²) in [7, 11) is 0. The van der Waals surface area contributed by atoms with Gasteiger partial charge < -0.3 is 14.8 Å². The van der Waals surface area contributed by atoms with Crippen LogP contribution >= 0.6 is 12.2 Å². The van der Waals surface area contributed by atoms with Gasteiger partial charge in [0.05, 0.1) is 18.6 Å². The van der Waals surface area contributed by atoms with Crippen molar-refractivity contribution in [2.45, 2.75) is 20.3 Å². The molecule has 0 aromatic heterocycles. The first kappa shape index (κ1) is 22.8. The Morgan fingerprint density at radius 2 is 1.67 bits per heavy atom. The van der Waals surface area contributed by atoms with E-state index >= 15 is 0 Å². The fourth-order valence-electron chi connectivity index (χ4n) is 2.40. The first-order chi connectivity index (χ1) is 14.4. The van der Waals surface area contributed by atoms with Crippen molar-refractivity contribution in [3.63, 3.8) is 0 Å². The molecule has 0 heterocycles. The Hall–Kier alpha value is -3.46. The van der Waals surface area contributed by atoms with E-state index < -0.39 is 11.9 Å². The molecule has 0 unspecified atom stereocenters. The maximum Gasteiger partial charge on any atom is 0.338 e. The minimum atomic E-state index is -0.500. The number of carbonyl (C=O) groups is 3. The van der Waals surface area contributed by atoms with E-state index in [2.05, 4.69) is 16.2 Å². The minimum absolute atomic E-state index is 0.0271. The van der Waals surface area contributed by atoms with Crippen molar-refractivity contribution in [3.8, 4) is 5.75 Å². The molecule has 0 aliphatic heterocycles. The van der Waals surface area contributed by atoms with E-state index in [0.717, 1.165) is 11.1 Å². The van der Waals surface area contributed by atoms with Crippen LogP contribution in [0.1, 0.15) is 28.4 Å². The summed E-state index contributed by atoms with van der Waals surface area (Å²) in [5, 5.41) is 2.47. The molecular formula is C21H23N3O5S. The maximum absolute atomic E-state index is 12.0. The van der Waals surface area contributed by atoms with Gasteiger partial charge in [0, 0.05) is 0 Å². The highest BCUT2D eigenvalue weighted by atomic mass is 32.1. The average molecular weight is 429 g/mol. The quantitative estimate of drug-likeness (QED) is 0.350. The molecule has 9 heteroatoms. The van der Waals surface area contributed by atoms with Crippen LogP contribution in [0.2, 0.25) is 0 Å². The number of carbonyl (C=O) groups excluding carboxylic acids is 3. The number of thiocarbonyl (C=S) groups is 1. The fraction of sp³-hybridized carbons (Fsp3) is 0.238. The van der Waals surface area contributed by atoms with Gasteiger partial charge in [-0.15, -0.1) is 0 Å². The van der Waals surface area contributed by atoms with E-state index in [0.29, 0.717) is 17.9 Å². The van der Waals surface area contributed by atoms with E-state index in [9.17, 15) is 14.4 Å². The second kappa shape index (κ2) is 11.5. The summed E-state index contributed by atoms with van der Waals surface area (Å²) in [4.78, 5) is 35.5. The van der Waals surface area contributed by atoms with E-state index in [1.165, 1.54) is 0 Å². The Morgan fingerprint density at radius 3 is 2.33 bits per heavy atom.